The smallest absolute Gasteiger partial charge is 0.338 e. The van der Waals surface area contributed by atoms with E-state index in [0.29, 0.717) is 39.0 Å². The van der Waals surface area contributed by atoms with Gasteiger partial charge < -0.3 is 14.2 Å². The number of hydrogen-bond donors (Lipinski definition) is 0. The molecule has 6 rings (SSSR count). The minimum Gasteiger partial charge on any atom is -0.467 e. The van der Waals surface area contributed by atoms with E-state index in [1.54, 1.807) is 23.6 Å². The number of hydrogen-bond acceptors (Lipinski definition) is 8. The Kier molecular flexibility index (Phi) is 7.42. The van der Waals surface area contributed by atoms with Gasteiger partial charge in [0.15, 0.2) is 11.9 Å². The van der Waals surface area contributed by atoms with Crippen molar-refractivity contribution in [2.45, 2.75) is 31.4 Å². The number of aryl methyl sites for hydroxylation is 1. The summed E-state index contributed by atoms with van der Waals surface area (Å²) in [5.74, 6) is 0.723. The summed E-state index contributed by atoms with van der Waals surface area (Å²) in [5, 5.41) is 1.18. The molecule has 0 atom stereocenters. The van der Waals surface area contributed by atoms with E-state index in [1.165, 1.54) is 23.1 Å². The van der Waals surface area contributed by atoms with E-state index in [2.05, 4.69) is 0 Å². The normalized spacial score (nSPS) is 12.7. The molecule has 40 heavy (non-hydrogen) atoms. The lowest BCUT2D eigenvalue weighted by atomic mass is 10.0. The highest BCUT2D eigenvalue weighted by atomic mass is 32.2. The molecule has 9 heteroatoms. The summed E-state index contributed by atoms with van der Waals surface area (Å²) < 4.78 is 18.2. The highest BCUT2D eigenvalue weighted by Crippen LogP contribution is 2.38. The van der Waals surface area contributed by atoms with E-state index < -0.39 is 5.97 Å². The number of ether oxygens (including phenoxy) is 3. The molecule has 202 valence electrons. The lowest BCUT2D eigenvalue weighted by molar-refractivity contribution is -0.0169. The van der Waals surface area contributed by atoms with Crippen molar-refractivity contribution < 1.29 is 19.0 Å². The van der Waals surface area contributed by atoms with Crippen LogP contribution in [-0.2, 0) is 21.8 Å². The second kappa shape index (κ2) is 11.3. The van der Waals surface area contributed by atoms with E-state index in [1.807, 2.05) is 67.6 Å². The first kappa shape index (κ1) is 26.3. The zero-order valence-electron chi connectivity index (χ0n) is 22.0. The maximum Gasteiger partial charge on any atom is 0.338 e. The molecule has 1 aliphatic rings. The zero-order chi connectivity index (χ0) is 27.6. The zero-order valence-corrected chi connectivity index (χ0v) is 23.6. The molecular weight excluding hydrogens is 544 g/mol. The molecule has 0 N–H and O–H groups in total. The summed E-state index contributed by atoms with van der Waals surface area (Å²) in [6.45, 7) is 4.57. The van der Waals surface area contributed by atoms with Crippen LogP contribution in [0.4, 0.5) is 0 Å². The molecule has 0 radical (unpaired) electrons. The number of benzene rings is 3. The summed E-state index contributed by atoms with van der Waals surface area (Å²) in [6.07, 6.45) is 0. The molecule has 0 fully saturated rings. The summed E-state index contributed by atoms with van der Waals surface area (Å²) in [7, 11) is 0. The summed E-state index contributed by atoms with van der Waals surface area (Å²) in [5.41, 5.74) is 4.58. The Hall–Kier alpha value is -3.92. The molecular formula is C31H26N2O5S2. The third-order valence-electron chi connectivity index (χ3n) is 6.60. The number of carbonyl (C=O) groups excluding carboxylic acids is 1. The molecule has 0 bridgehead atoms. The van der Waals surface area contributed by atoms with Crippen molar-refractivity contribution in [3.05, 3.63) is 105 Å². The minimum absolute atomic E-state index is 0.117. The summed E-state index contributed by atoms with van der Waals surface area (Å²) >= 11 is 2.95. The number of nitrogens with zero attached hydrogens (tertiary/aromatic N) is 2. The van der Waals surface area contributed by atoms with Crippen LogP contribution < -0.4 is 10.3 Å². The van der Waals surface area contributed by atoms with Crippen molar-refractivity contribution in [1.29, 1.82) is 0 Å². The topological polar surface area (TPSA) is 79.7 Å². The van der Waals surface area contributed by atoms with Gasteiger partial charge in [-0.15, -0.1) is 11.3 Å². The van der Waals surface area contributed by atoms with Crippen LogP contribution in [0.2, 0.25) is 0 Å². The molecule has 0 spiro atoms. The van der Waals surface area contributed by atoms with Gasteiger partial charge in [-0.3, -0.25) is 9.36 Å². The molecule has 0 unspecified atom stereocenters. The highest BCUT2D eigenvalue weighted by molar-refractivity contribution is 7.98. The van der Waals surface area contributed by atoms with Gasteiger partial charge in [-0.1, -0.05) is 60.3 Å². The van der Waals surface area contributed by atoms with Gasteiger partial charge in [0, 0.05) is 27.3 Å². The molecule has 0 aliphatic carbocycles. The highest BCUT2D eigenvalue weighted by Gasteiger charge is 2.23. The van der Waals surface area contributed by atoms with Crippen LogP contribution in [0, 0.1) is 6.92 Å². The molecule has 3 aromatic carbocycles. The van der Waals surface area contributed by atoms with Crippen LogP contribution in [0.1, 0.15) is 33.3 Å². The fourth-order valence-electron chi connectivity index (χ4n) is 4.88. The van der Waals surface area contributed by atoms with E-state index in [4.69, 9.17) is 19.2 Å². The Morgan fingerprint density at radius 2 is 1.85 bits per heavy atom. The van der Waals surface area contributed by atoms with Crippen molar-refractivity contribution in [3.63, 3.8) is 0 Å². The molecule has 1 aliphatic heterocycles. The van der Waals surface area contributed by atoms with Crippen LogP contribution in [-0.4, -0.2) is 28.9 Å². The number of rotatable bonds is 7. The van der Waals surface area contributed by atoms with Crippen molar-refractivity contribution >= 4 is 39.3 Å². The van der Waals surface area contributed by atoms with Gasteiger partial charge in [-0.2, -0.15) is 0 Å². The predicted octanol–water partition coefficient (Wildman–Crippen LogP) is 6.76. The van der Waals surface area contributed by atoms with Gasteiger partial charge >= 0.3 is 5.97 Å². The second-order valence-corrected chi connectivity index (χ2v) is 11.3. The number of esters is 1. The first-order valence-electron chi connectivity index (χ1n) is 12.9. The molecule has 0 amide bonds. The van der Waals surface area contributed by atoms with Gasteiger partial charge in [0.25, 0.3) is 5.56 Å². The van der Waals surface area contributed by atoms with Gasteiger partial charge in [-0.25, -0.2) is 9.78 Å². The average molecular weight is 571 g/mol. The van der Waals surface area contributed by atoms with Crippen molar-refractivity contribution in [2.75, 3.05) is 13.4 Å². The van der Waals surface area contributed by atoms with Crippen molar-refractivity contribution in [1.82, 2.24) is 9.55 Å². The standard InChI is InChI=1S/C31H26N2O5S2/c1-3-37-30(35)21-14-22-16-36-18-38-27(22)23(15-21)17-39-31-32-28-26(29(34)33(31)24-12-8-5-9-13-24)25(19(2)40-28)20-10-6-4-7-11-20/h4-15H,3,16-18H2,1-2H3. The lowest BCUT2D eigenvalue weighted by Crippen LogP contribution is -2.21. The maximum atomic E-state index is 14.2. The van der Waals surface area contributed by atoms with Crippen molar-refractivity contribution in [3.8, 4) is 22.6 Å². The average Bonchev–Trinajstić information content (AvgIpc) is 3.32. The molecule has 0 saturated heterocycles. The van der Waals surface area contributed by atoms with Gasteiger partial charge in [0.2, 0.25) is 0 Å². The molecule has 5 aromatic rings. The SMILES string of the molecule is CCOC(=O)c1cc2c(c(CSc3nc4sc(C)c(-c5ccccc5)c4c(=O)n3-c3ccccc3)c1)OCOC2. The number of para-hydroxylation sites is 1. The molecule has 2 aromatic heterocycles. The summed E-state index contributed by atoms with van der Waals surface area (Å²) in [4.78, 5) is 33.6. The third-order valence-corrected chi connectivity index (χ3v) is 8.59. The van der Waals surface area contributed by atoms with Crippen LogP contribution >= 0.6 is 23.1 Å². The van der Waals surface area contributed by atoms with E-state index >= 15 is 0 Å². The predicted molar refractivity (Wildman–Crippen MR) is 158 cm³/mol. The first-order chi connectivity index (χ1) is 19.5. The molecule has 7 nitrogen and oxygen atoms in total. The fraction of sp³-hybridized carbons (Fsp3) is 0.194. The Morgan fingerprint density at radius 3 is 2.60 bits per heavy atom. The monoisotopic (exact) mass is 570 g/mol. The number of thioether (sulfide) groups is 1. The van der Waals surface area contributed by atoms with Gasteiger partial charge in [0.05, 0.1) is 29.9 Å². The summed E-state index contributed by atoms with van der Waals surface area (Å²) in [6, 6.07) is 23.1. The van der Waals surface area contributed by atoms with E-state index in [9.17, 15) is 9.59 Å². The van der Waals surface area contributed by atoms with Crippen molar-refractivity contribution in [2.24, 2.45) is 0 Å². The number of carbonyl (C=O) groups is 1. The Labute approximate surface area is 239 Å². The first-order valence-corrected chi connectivity index (χ1v) is 14.7. The van der Waals surface area contributed by atoms with Crippen LogP contribution in [0.5, 0.6) is 5.75 Å². The second-order valence-electron chi connectivity index (χ2n) is 9.19. The Balaban J connectivity index is 1.48. The van der Waals surface area contributed by atoms with Crippen LogP contribution in [0.3, 0.4) is 0 Å². The van der Waals surface area contributed by atoms with Gasteiger partial charge in [-0.05, 0) is 43.7 Å². The maximum absolute atomic E-state index is 14.2. The lowest BCUT2D eigenvalue weighted by Gasteiger charge is -2.22. The quantitative estimate of drug-likeness (QED) is 0.122. The Morgan fingerprint density at radius 1 is 1.10 bits per heavy atom. The van der Waals surface area contributed by atoms with Crippen LogP contribution in [0.15, 0.2) is 82.7 Å². The molecule has 0 saturated carbocycles. The Bertz CT molecular complexity index is 1760. The van der Waals surface area contributed by atoms with E-state index in [-0.39, 0.29) is 19.0 Å². The third kappa shape index (κ3) is 4.92. The van der Waals surface area contributed by atoms with E-state index in [0.717, 1.165) is 32.8 Å². The van der Waals surface area contributed by atoms with Crippen LogP contribution in [0.25, 0.3) is 27.0 Å². The largest absolute Gasteiger partial charge is 0.467 e. The van der Waals surface area contributed by atoms with Gasteiger partial charge in [0.1, 0.15) is 10.6 Å². The fourth-order valence-corrected chi connectivity index (χ4v) is 6.94. The number of thiophene rings is 1. The molecule has 3 heterocycles. The number of aromatic nitrogens is 2. The number of fused-ring (bicyclic) bond motifs is 2. The minimum atomic E-state index is -0.398.